The zero-order chi connectivity index (χ0) is 22.6. The van der Waals surface area contributed by atoms with Crippen molar-refractivity contribution < 1.29 is 4.79 Å². The van der Waals surface area contributed by atoms with Gasteiger partial charge < -0.3 is 5.73 Å². The maximum Gasteiger partial charge on any atom is 0.204 e. The van der Waals surface area contributed by atoms with E-state index in [9.17, 15) is 0 Å². The van der Waals surface area contributed by atoms with Gasteiger partial charge in [0.15, 0.2) is 0 Å². The molecule has 0 saturated carbocycles. The van der Waals surface area contributed by atoms with Crippen LogP contribution in [0.5, 0.6) is 0 Å². The predicted molar refractivity (Wildman–Crippen MR) is 142 cm³/mol. The molecule has 0 bridgehead atoms. The van der Waals surface area contributed by atoms with Crippen molar-refractivity contribution in [2.45, 2.75) is 18.7 Å². The van der Waals surface area contributed by atoms with E-state index in [0.29, 0.717) is 5.40 Å². The minimum absolute atomic E-state index is 0.250. The summed E-state index contributed by atoms with van der Waals surface area (Å²) in [5.74, 6) is 0. The Balaban J connectivity index is 0.000000913. The van der Waals surface area contributed by atoms with Crippen molar-refractivity contribution in [1.29, 1.82) is 0 Å². The summed E-state index contributed by atoms with van der Waals surface area (Å²) >= 11 is 0. The smallest absolute Gasteiger partial charge is 0.204 e. The third kappa shape index (κ3) is 6.13. The average molecular weight is 457 g/mol. The van der Waals surface area contributed by atoms with Gasteiger partial charge in [0.05, 0.1) is 0 Å². The van der Waals surface area contributed by atoms with Crippen LogP contribution in [0.15, 0.2) is 121 Å². The lowest BCUT2D eigenvalue weighted by molar-refractivity contribution is -0.106. The van der Waals surface area contributed by atoms with E-state index in [0.717, 1.165) is 6.42 Å². The van der Waals surface area contributed by atoms with Crippen molar-refractivity contribution in [1.82, 2.24) is 0 Å². The maximum atomic E-state index is 8.58. The van der Waals surface area contributed by atoms with Gasteiger partial charge in [-0.2, -0.15) is 0 Å². The van der Waals surface area contributed by atoms with Crippen LogP contribution in [-0.4, -0.2) is 11.8 Å². The third-order valence-electron chi connectivity index (χ3n) is 5.10. The van der Waals surface area contributed by atoms with E-state index in [1.54, 1.807) is 0 Å². The molecule has 32 heavy (non-hydrogen) atoms. The highest BCUT2D eigenvalue weighted by atomic mass is 31.2. The van der Waals surface area contributed by atoms with Crippen LogP contribution in [0.3, 0.4) is 0 Å². The van der Waals surface area contributed by atoms with Gasteiger partial charge in [-0.3, -0.25) is 4.79 Å². The third-order valence-corrected chi connectivity index (χ3v) is 11.8. The van der Waals surface area contributed by atoms with Gasteiger partial charge in [0, 0.05) is 5.40 Å². The molecule has 162 valence electrons. The van der Waals surface area contributed by atoms with Crippen molar-refractivity contribution in [2.75, 3.05) is 0 Å². The number of amides is 1. The number of benzene rings is 4. The summed E-state index contributed by atoms with van der Waals surface area (Å²) in [6.45, 7) is 2.37. The van der Waals surface area contributed by atoms with Crippen LogP contribution in [0.4, 0.5) is 0 Å². The first-order chi connectivity index (χ1) is 15.8. The topological polar surface area (TPSA) is 43.1 Å². The number of hydrogen-bond donors (Lipinski definition) is 1. The molecule has 0 aliphatic rings. The van der Waals surface area contributed by atoms with Crippen molar-refractivity contribution in [3.8, 4) is 0 Å². The van der Waals surface area contributed by atoms with E-state index in [2.05, 4.69) is 134 Å². The molecule has 0 radical (unpaired) electrons. The minimum atomic E-state index is -0.472. The standard InChI is InChI=1S/C27H26P2.CH3NO/c1-2-27(28(23-15-7-3-8-16-23)24-17-9-4-10-18-24)29(25-19-11-5-12-20-25)26-21-13-6-14-22-26;2-1-3/h3-22,27H,2H2,1H3;1H,(H2,2,3). The Hall–Kier alpha value is -2.79. The average Bonchev–Trinajstić information content (AvgIpc) is 2.87. The fraction of sp³-hybridized carbons (Fsp3) is 0.107. The predicted octanol–water partition coefficient (Wildman–Crippen LogP) is 5.09. The van der Waals surface area contributed by atoms with Crippen LogP contribution in [0, 0.1) is 0 Å². The lowest BCUT2D eigenvalue weighted by Gasteiger charge is -2.35. The highest BCUT2D eigenvalue weighted by Gasteiger charge is 2.32. The highest BCUT2D eigenvalue weighted by Crippen LogP contribution is 2.57. The molecule has 0 spiro atoms. The van der Waals surface area contributed by atoms with Crippen LogP contribution < -0.4 is 27.0 Å². The Morgan fingerprint density at radius 1 is 0.594 bits per heavy atom. The van der Waals surface area contributed by atoms with Gasteiger partial charge in [-0.1, -0.05) is 128 Å². The zero-order valence-corrected chi connectivity index (χ0v) is 20.1. The van der Waals surface area contributed by atoms with Gasteiger partial charge in [0.2, 0.25) is 6.41 Å². The molecule has 4 aromatic carbocycles. The number of nitrogens with two attached hydrogens (primary N) is 1. The van der Waals surface area contributed by atoms with Gasteiger partial charge in [-0.15, -0.1) is 0 Å². The Bertz CT molecular complexity index is 882. The summed E-state index contributed by atoms with van der Waals surface area (Å²) in [5.41, 5.74) is 4.17. The van der Waals surface area contributed by atoms with Gasteiger partial charge in [0.1, 0.15) is 0 Å². The Labute approximate surface area is 194 Å². The second-order valence-corrected chi connectivity index (χ2v) is 12.3. The fourth-order valence-electron chi connectivity index (χ4n) is 3.82. The first kappa shape index (κ1) is 23.9. The summed E-state index contributed by atoms with van der Waals surface area (Å²) in [5, 5.41) is 6.47. The molecule has 4 aromatic rings. The number of primary amides is 1. The summed E-state index contributed by atoms with van der Waals surface area (Å²) in [7, 11) is -0.944. The van der Waals surface area contributed by atoms with Crippen molar-refractivity contribution >= 4 is 43.5 Å². The molecule has 1 amide bonds. The van der Waals surface area contributed by atoms with E-state index < -0.39 is 15.8 Å². The van der Waals surface area contributed by atoms with Gasteiger partial charge in [0.25, 0.3) is 0 Å². The molecule has 0 aromatic heterocycles. The summed E-state index contributed by atoms with van der Waals surface area (Å²) in [6, 6.07) is 44.6. The lowest BCUT2D eigenvalue weighted by Crippen LogP contribution is -2.27. The van der Waals surface area contributed by atoms with Crippen LogP contribution in [-0.2, 0) is 4.79 Å². The van der Waals surface area contributed by atoms with Gasteiger partial charge in [-0.25, -0.2) is 0 Å². The minimum Gasteiger partial charge on any atom is -0.372 e. The molecule has 0 aliphatic carbocycles. The first-order valence-corrected chi connectivity index (χ1v) is 13.6. The Morgan fingerprint density at radius 3 is 1.00 bits per heavy atom. The second kappa shape index (κ2) is 12.9. The van der Waals surface area contributed by atoms with E-state index in [-0.39, 0.29) is 6.41 Å². The van der Waals surface area contributed by atoms with Gasteiger partial charge >= 0.3 is 0 Å². The van der Waals surface area contributed by atoms with Crippen molar-refractivity contribution in [2.24, 2.45) is 5.73 Å². The van der Waals surface area contributed by atoms with E-state index in [1.807, 2.05) is 0 Å². The number of rotatable bonds is 7. The molecule has 2 nitrogen and oxygen atoms in total. The Morgan fingerprint density at radius 2 is 0.812 bits per heavy atom. The molecular formula is C28H29NOP2. The SMILES string of the molecule is CCC(P(c1ccccc1)c1ccccc1)P(c1ccccc1)c1ccccc1.NC=O. The molecule has 4 rings (SSSR count). The fourth-order valence-corrected chi connectivity index (χ4v) is 11.0. The first-order valence-electron chi connectivity index (χ1n) is 10.7. The molecule has 0 fully saturated rings. The summed E-state index contributed by atoms with van der Waals surface area (Å²) < 4.78 is 0. The molecule has 0 saturated heterocycles. The molecule has 4 heteroatoms. The van der Waals surface area contributed by atoms with Gasteiger partial charge in [-0.05, 0) is 43.5 Å². The number of carbonyl (C=O) groups excluding carboxylic acids is 1. The van der Waals surface area contributed by atoms with E-state index in [1.165, 1.54) is 21.2 Å². The molecule has 0 unspecified atom stereocenters. The largest absolute Gasteiger partial charge is 0.372 e. The quantitative estimate of drug-likeness (QED) is 0.305. The zero-order valence-electron chi connectivity index (χ0n) is 18.3. The van der Waals surface area contributed by atoms with Crippen molar-refractivity contribution in [3.63, 3.8) is 0 Å². The summed E-state index contributed by atoms with van der Waals surface area (Å²) in [4.78, 5) is 8.58. The maximum absolute atomic E-state index is 8.58. The van der Waals surface area contributed by atoms with Crippen LogP contribution in [0.2, 0.25) is 0 Å². The molecule has 2 N–H and O–H groups in total. The molecule has 0 atom stereocenters. The second-order valence-electron chi connectivity index (χ2n) is 7.11. The lowest BCUT2D eigenvalue weighted by atomic mass is 10.4. The molecule has 0 heterocycles. The number of carbonyl (C=O) groups is 1. The van der Waals surface area contributed by atoms with Crippen LogP contribution in [0.25, 0.3) is 0 Å². The molecular weight excluding hydrogens is 428 g/mol. The molecule has 0 aliphatic heterocycles. The van der Waals surface area contributed by atoms with Crippen LogP contribution >= 0.6 is 15.8 Å². The van der Waals surface area contributed by atoms with E-state index >= 15 is 0 Å². The normalized spacial score (nSPS) is 10.6. The monoisotopic (exact) mass is 457 g/mol. The van der Waals surface area contributed by atoms with Crippen molar-refractivity contribution in [3.05, 3.63) is 121 Å². The van der Waals surface area contributed by atoms with E-state index in [4.69, 9.17) is 4.79 Å². The highest BCUT2D eigenvalue weighted by molar-refractivity contribution is 7.89. The summed E-state index contributed by atoms with van der Waals surface area (Å²) in [6.07, 6.45) is 1.41. The number of hydrogen-bond acceptors (Lipinski definition) is 1. The Kier molecular flexibility index (Phi) is 9.63. The van der Waals surface area contributed by atoms with Crippen LogP contribution in [0.1, 0.15) is 13.3 Å².